The first-order valence-corrected chi connectivity index (χ1v) is 8.00. The quantitative estimate of drug-likeness (QED) is 0.790. The van der Waals surface area contributed by atoms with Gasteiger partial charge < -0.3 is 9.64 Å². The Labute approximate surface area is 126 Å². The fourth-order valence-corrected chi connectivity index (χ4v) is 3.46. The lowest BCUT2D eigenvalue weighted by Gasteiger charge is -2.35. The van der Waals surface area contributed by atoms with E-state index in [1.165, 1.54) is 11.8 Å². The molecule has 1 aromatic rings. The normalized spacial score (nSPS) is 23.4. The molecule has 0 bridgehead atoms. The highest BCUT2D eigenvalue weighted by Gasteiger charge is 2.25. The van der Waals surface area contributed by atoms with Crippen LogP contribution in [0, 0.1) is 0 Å². The van der Waals surface area contributed by atoms with Crippen molar-refractivity contribution in [1.82, 2.24) is 9.88 Å². The molecule has 1 aliphatic heterocycles. The Hall–Kier alpha value is -0.590. The van der Waals surface area contributed by atoms with Crippen LogP contribution < -0.4 is 0 Å². The van der Waals surface area contributed by atoms with Crippen LogP contribution in [0.2, 0.25) is 0 Å². The molecule has 2 atom stereocenters. The third-order valence-corrected chi connectivity index (χ3v) is 4.72. The summed E-state index contributed by atoms with van der Waals surface area (Å²) in [7, 11) is 0. The number of carbonyl (C=O) groups is 1. The number of morpholine rings is 1. The van der Waals surface area contributed by atoms with Gasteiger partial charge in [-0.05, 0) is 41.9 Å². The molecule has 1 saturated heterocycles. The molecule has 1 fully saturated rings. The van der Waals surface area contributed by atoms with Crippen molar-refractivity contribution < 1.29 is 9.53 Å². The zero-order chi connectivity index (χ0) is 13.8. The molecule has 0 aromatic carbocycles. The number of nitrogens with zero attached hydrogens (tertiary/aromatic N) is 2. The van der Waals surface area contributed by atoms with Gasteiger partial charge in [-0.1, -0.05) is 11.8 Å². The van der Waals surface area contributed by atoms with E-state index in [0.717, 1.165) is 9.50 Å². The van der Waals surface area contributed by atoms with E-state index in [9.17, 15) is 4.79 Å². The monoisotopic (exact) mass is 344 g/mol. The fraction of sp³-hybridized carbons (Fsp3) is 0.538. The molecule has 6 heteroatoms. The number of hydrogen-bond donors (Lipinski definition) is 0. The number of hydrogen-bond acceptors (Lipinski definition) is 4. The van der Waals surface area contributed by atoms with Crippen LogP contribution in [0.15, 0.2) is 27.8 Å². The highest BCUT2D eigenvalue weighted by atomic mass is 79.9. The van der Waals surface area contributed by atoms with Crippen LogP contribution in [0.4, 0.5) is 0 Å². The van der Waals surface area contributed by atoms with E-state index in [-0.39, 0.29) is 18.1 Å². The van der Waals surface area contributed by atoms with Gasteiger partial charge in [-0.25, -0.2) is 4.98 Å². The number of thioether (sulfide) groups is 1. The van der Waals surface area contributed by atoms with E-state index in [1.54, 1.807) is 6.20 Å². The van der Waals surface area contributed by atoms with Gasteiger partial charge in [-0.2, -0.15) is 0 Å². The summed E-state index contributed by atoms with van der Waals surface area (Å²) in [6.45, 7) is 5.34. The molecule has 1 amide bonds. The minimum atomic E-state index is 0.110. The van der Waals surface area contributed by atoms with Crippen molar-refractivity contribution in [2.75, 3.05) is 18.8 Å². The van der Waals surface area contributed by atoms with Crippen molar-refractivity contribution in [1.29, 1.82) is 0 Å². The Bertz CT molecular complexity index is 448. The average molecular weight is 345 g/mol. The van der Waals surface area contributed by atoms with Gasteiger partial charge in [0.1, 0.15) is 5.03 Å². The van der Waals surface area contributed by atoms with E-state index >= 15 is 0 Å². The first kappa shape index (κ1) is 14.8. The summed E-state index contributed by atoms with van der Waals surface area (Å²) >= 11 is 4.89. The van der Waals surface area contributed by atoms with Gasteiger partial charge in [0.05, 0.1) is 18.0 Å². The predicted octanol–water partition coefficient (Wildman–Crippen LogP) is 2.57. The van der Waals surface area contributed by atoms with Crippen molar-refractivity contribution in [3.63, 3.8) is 0 Å². The third kappa shape index (κ3) is 4.19. The minimum absolute atomic E-state index is 0.110. The highest BCUT2D eigenvalue weighted by molar-refractivity contribution is 9.10. The molecule has 0 radical (unpaired) electrons. The third-order valence-electron chi connectivity index (χ3n) is 2.83. The van der Waals surface area contributed by atoms with E-state index in [1.807, 2.05) is 30.9 Å². The molecule has 1 aromatic heterocycles. The van der Waals surface area contributed by atoms with E-state index in [2.05, 4.69) is 20.9 Å². The maximum atomic E-state index is 12.2. The zero-order valence-corrected chi connectivity index (χ0v) is 13.4. The van der Waals surface area contributed by atoms with Gasteiger partial charge in [-0.3, -0.25) is 4.79 Å². The fourth-order valence-electron chi connectivity index (χ4n) is 2.08. The van der Waals surface area contributed by atoms with Crippen LogP contribution >= 0.6 is 27.7 Å². The maximum absolute atomic E-state index is 12.2. The van der Waals surface area contributed by atoms with Crippen molar-refractivity contribution in [3.05, 3.63) is 22.8 Å². The van der Waals surface area contributed by atoms with E-state index < -0.39 is 0 Å². The SMILES string of the molecule is C[C@H]1CN(C(=O)CSc2ncccc2Br)C[C@H](C)O1. The van der Waals surface area contributed by atoms with E-state index in [4.69, 9.17) is 4.74 Å². The number of pyridine rings is 1. The van der Waals surface area contributed by atoms with Crippen LogP contribution in [0.3, 0.4) is 0 Å². The van der Waals surface area contributed by atoms with Gasteiger partial charge in [0.25, 0.3) is 0 Å². The predicted molar refractivity (Wildman–Crippen MR) is 79.3 cm³/mol. The molecule has 0 aliphatic carbocycles. The lowest BCUT2D eigenvalue weighted by molar-refractivity contribution is -0.140. The summed E-state index contributed by atoms with van der Waals surface area (Å²) in [6.07, 6.45) is 1.95. The van der Waals surface area contributed by atoms with Gasteiger partial charge in [0, 0.05) is 23.8 Å². The molecular formula is C13H17BrN2O2S. The molecule has 0 spiro atoms. The van der Waals surface area contributed by atoms with Crippen molar-refractivity contribution in [2.24, 2.45) is 0 Å². The second kappa shape index (κ2) is 6.72. The summed E-state index contributed by atoms with van der Waals surface area (Å²) in [5.41, 5.74) is 0. The lowest BCUT2D eigenvalue weighted by atomic mass is 10.2. The van der Waals surface area contributed by atoms with Gasteiger partial charge in [0.2, 0.25) is 5.91 Å². The summed E-state index contributed by atoms with van der Waals surface area (Å²) in [4.78, 5) is 18.3. The molecule has 0 saturated carbocycles. The Balaban J connectivity index is 1.89. The number of aromatic nitrogens is 1. The standard InChI is InChI=1S/C13H17BrN2O2S/c1-9-6-16(7-10(2)18-9)12(17)8-19-13-11(14)4-3-5-15-13/h3-5,9-10H,6-8H2,1-2H3/t9-,10-/m0/s1. The van der Waals surface area contributed by atoms with Crippen molar-refractivity contribution >= 4 is 33.6 Å². The smallest absolute Gasteiger partial charge is 0.233 e. The Morgan fingerprint density at radius 1 is 1.53 bits per heavy atom. The van der Waals surface area contributed by atoms with Crippen molar-refractivity contribution in [2.45, 2.75) is 31.1 Å². The number of rotatable bonds is 3. The van der Waals surface area contributed by atoms with Crippen LogP contribution in [-0.2, 0) is 9.53 Å². The Morgan fingerprint density at radius 2 is 2.21 bits per heavy atom. The number of carbonyl (C=O) groups excluding carboxylic acids is 1. The van der Waals surface area contributed by atoms with Gasteiger partial charge >= 0.3 is 0 Å². The maximum Gasteiger partial charge on any atom is 0.233 e. The van der Waals surface area contributed by atoms with Crippen LogP contribution in [0.25, 0.3) is 0 Å². The highest BCUT2D eigenvalue weighted by Crippen LogP contribution is 2.25. The Morgan fingerprint density at radius 3 is 2.84 bits per heavy atom. The summed E-state index contributed by atoms with van der Waals surface area (Å²) in [5, 5.41) is 0.852. The molecular weight excluding hydrogens is 328 g/mol. The molecule has 2 heterocycles. The number of halogens is 1. The van der Waals surface area contributed by atoms with Crippen LogP contribution in [0.1, 0.15) is 13.8 Å². The molecule has 2 rings (SSSR count). The summed E-state index contributed by atoms with van der Waals surface area (Å²) in [6, 6.07) is 3.79. The number of ether oxygens (including phenoxy) is 1. The van der Waals surface area contributed by atoms with Crippen LogP contribution in [-0.4, -0.2) is 46.8 Å². The average Bonchev–Trinajstić information content (AvgIpc) is 2.36. The molecule has 19 heavy (non-hydrogen) atoms. The number of amides is 1. The largest absolute Gasteiger partial charge is 0.372 e. The summed E-state index contributed by atoms with van der Waals surface area (Å²) < 4.78 is 6.56. The second-order valence-corrected chi connectivity index (χ2v) is 6.45. The first-order valence-electron chi connectivity index (χ1n) is 6.23. The second-order valence-electron chi connectivity index (χ2n) is 4.64. The zero-order valence-electron chi connectivity index (χ0n) is 11.0. The molecule has 0 N–H and O–H groups in total. The van der Waals surface area contributed by atoms with Gasteiger partial charge in [-0.15, -0.1) is 0 Å². The molecule has 104 valence electrons. The lowest BCUT2D eigenvalue weighted by Crippen LogP contribution is -2.48. The molecule has 0 unspecified atom stereocenters. The minimum Gasteiger partial charge on any atom is -0.372 e. The van der Waals surface area contributed by atoms with Gasteiger partial charge in [0.15, 0.2) is 0 Å². The Kier molecular flexibility index (Phi) is 5.24. The topological polar surface area (TPSA) is 42.4 Å². The molecule has 1 aliphatic rings. The van der Waals surface area contributed by atoms with Crippen LogP contribution in [0.5, 0.6) is 0 Å². The summed E-state index contributed by atoms with van der Waals surface area (Å²) in [5.74, 6) is 0.555. The van der Waals surface area contributed by atoms with E-state index in [0.29, 0.717) is 18.8 Å². The first-order chi connectivity index (χ1) is 9.06. The van der Waals surface area contributed by atoms with Crippen molar-refractivity contribution in [3.8, 4) is 0 Å². The molecule has 4 nitrogen and oxygen atoms in total.